The van der Waals surface area contributed by atoms with Crippen molar-refractivity contribution in [2.24, 2.45) is 0 Å². The van der Waals surface area contributed by atoms with E-state index in [0.29, 0.717) is 5.69 Å². The molecule has 1 rings (SSSR count). The minimum atomic E-state index is -0.567. The summed E-state index contributed by atoms with van der Waals surface area (Å²) in [6, 6.07) is 5.18. The van der Waals surface area contributed by atoms with E-state index in [1.165, 1.54) is 0 Å². The number of rotatable bonds is 4. The van der Waals surface area contributed by atoms with Crippen molar-refractivity contribution in [2.45, 2.75) is 45.6 Å². The monoisotopic (exact) mass is 264 g/mol. The predicted molar refractivity (Wildman–Crippen MR) is 76.3 cm³/mol. The summed E-state index contributed by atoms with van der Waals surface area (Å²) in [6.07, 6.45) is 1.89. The van der Waals surface area contributed by atoms with Crippen LogP contribution in [-0.4, -0.2) is 16.8 Å². The van der Waals surface area contributed by atoms with Crippen molar-refractivity contribution in [1.29, 1.82) is 0 Å². The van der Waals surface area contributed by atoms with Crippen LogP contribution in [0.4, 0.5) is 10.5 Å². The number of phenols is 1. The topological polar surface area (TPSA) is 58.6 Å². The second-order valence-electron chi connectivity index (χ2n) is 5.40. The number of ether oxygens (including phenoxy) is 1. The van der Waals surface area contributed by atoms with Crippen LogP contribution in [0.25, 0.3) is 0 Å². The third-order valence-electron chi connectivity index (χ3n) is 2.45. The van der Waals surface area contributed by atoms with Gasteiger partial charge in [0.25, 0.3) is 0 Å². The molecule has 0 unspecified atom stereocenters. The molecule has 1 radical (unpaired) electrons. The van der Waals surface area contributed by atoms with Crippen LogP contribution in [0, 0.1) is 6.92 Å². The van der Waals surface area contributed by atoms with E-state index in [1.807, 2.05) is 6.07 Å². The van der Waals surface area contributed by atoms with Crippen LogP contribution in [0.2, 0.25) is 0 Å². The molecule has 0 aromatic heterocycles. The number of hydrogen-bond donors (Lipinski definition) is 2. The number of unbranched alkanes of at least 4 members (excludes halogenated alkanes) is 1. The highest BCUT2D eigenvalue weighted by atomic mass is 16.6. The Morgan fingerprint density at radius 2 is 2.11 bits per heavy atom. The van der Waals surface area contributed by atoms with E-state index in [-0.39, 0.29) is 5.75 Å². The van der Waals surface area contributed by atoms with Gasteiger partial charge in [0.2, 0.25) is 0 Å². The number of amides is 1. The second-order valence-corrected chi connectivity index (χ2v) is 5.40. The maximum Gasteiger partial charge on any atom is 0.412 e. The maximum atomic E-state index is 11.7. The van der Waals surface area contributed by atoms with Crippen molar-refractivity contribution in [3.63, 3.8) is 0 Å². The molecule has 0 atom stereocenters. The van der Waals surface area contributed by atoms with Gasteiger partial charge in [-0.1, -0.05) is 25.5 Å². The predicted octanol–water partition coefficient (Wildman–Crippen LogP) is 3.90. The largest absolute Gasteiger partial charge is 0.506 e. The van der Waals surface area contributed by atoms with E-state index in [1.54, 1.807) is 32.9 Å². The summed E-state index contributed by atoms with van der Waals surface area (Å²) < 4.78 is 5.18. The van der Waals surface area contributed by atoms with Gasteiger partial charge < -0.3 is 9.84 Å². The van der Waals surface area contributed by atoms with Crippen LogP contribution in [0.3, 0.4) is 0 Å². The molecule has 0 saturated heterocycles. The molecule has 0 aliphatic rings. The number of para-hydroxylation sites is 1. The van der Waals surface area contributed by atoms with Gasteiger partial charge in [0.1, 0.15) is 11.4 Å². The van der Waals surface area contributed by atoms with Crippen molar-refractivity contribution in [3.8, 4) is 5.75 Å². The number of benzene rings is 1. The molecule has 2 N–H and O–H groups in total. The Balaban J connectivity index is 2.84. The number of hydrogen-bond acceptors (Lipinski definition) is 3. The third-order valence-corrected chi connectivity index (χ3v) is 2.45. The molecule has 105 valence electrons. The normalized spacial score (nSPS) is 11.2. The molecule has 0 bridgehead atoms. The average molecular weight is 264 g/mol. The summed E-state index contributed by atoms with van der Waals surface area (Å²) in [4.78, 5) is 11.7. The van der Waals surface area contributed by atoms with Crippen molar-refractivity contribution in [2.75, 3.05) is 5.32 Å². The zero-order valence-corrected chi connectivity index (χ0v) is 11.8. The maximum absolute atomic E-state index is 11.7. The second kappa shape index (κ2) is 6.45. The standard InChI is InChI=1S/C15H22NO3/c1-5-6-8-11-9-7-10-12(17)13(11)16-14(18)19-15(2,3)4/h7,9-10,17H,1,5-6,8H2,2-4H3,(H,16,18). The summed E-state index contributed by atoms with van der Waals surface area (Å²) in [5.41, 5.74) is 0.738. The molecule has 0 saturated carbocycles. The first-order valence-corrected chi connectivity index (χ1v) is 6.43. The number of carbonyl (C=O) groups excluding carboxylic acids is 1. The van der Waals surface area contributed by atoms with Gasteiger partial charge in [0.05, 0.1) is 5.69 Å². The third kappa shape index (κ3) is 5.20. The first-order chi connectivity index (χ1) is 8.83. The minimum Gasteiger partial charge on any atom is -0.506 e. The van der Waals surface area contributed by atoms with Gasteiger partial charge in [0.15, 0.2) is 0 Å². The molecule has 1 aromatic carbocycles. The average Bonchev–Trinajstić information content (AvgIpc) is 2.27. The molecule has 4 nitrogen and oxygen atoms in total. The molecule has 1 aromatic rings. The summed E-state index contributed by atoms with van der Waals surface area (Å²) in [6.45, 7) is 9.17. The number of aryl methyl sites for hydroxylation is 1. The van der Waals surface area contributed by atoms with Crippen molar-refractivity contribution >= 4 is 11.8 Å². The van der Waals surface area contributed by atoms with Crippen molar-refractivity contribution in [3.05, 3.63) is 30.7 Å². The molecule has 0 fully saturated rings. The van der Waals surface area contributed by atoms with Crippen LogP contribution < -0.4 is 5.32 Å². The van der Waals surface area contributed by atoms with Gasteiger partial charge in [-0.25, -0.2) is 4.79 Å². The minimum absolute atomic E-state index is 0.0485. The van der Waals surface area contributed by atoms with E-state index in [4.69, 9.17) is 4.74 Å². The van der Waals surface area contributed by atoms with Gasteiger partial charge in [-0.3, -0.25) is 5.32 Å². The van der Waals surface area contributed by atoms with E-state index < -0.39 is 11.7 Å². The van der Waals surface area contributed by atoms with Crippen LogP contribution in [0.15, 0.2) is 18.2 Å². The fourth-order valence-electron chi connectivity index (χ4n) is 1.66. The van der Waals surface area contributed by atoms with Gasteiger partial charge in [-0.05, 0) is 45.2 Å². The zero-order chi connectivity index (χ0) is 14.5. The number of phenolic OH excluding ortho intramolecular Hbond substituents is 1. The number of anilines is 1. The van der Waals surface area contributed by atoms with Crippen molar-refractivity contribution < 1.29 is 14.6 Å². The van der Waals surface area contributed by atoms with Crippen LogP contribution >= 0.6 is 0 Å². The number of carbonyl (C=O) groups is 1. The van der Waals surface area contributed by atoms with Crippen molar-refractivity contribution in [1.82, 2.24) is 0 Å². The lowest BCUT2D eigenvalue weighted by Crippen LogP contribution is -2.27. The molecule has 0 aliphatic carbocycles. The first kappa shape index (κ1) is 15.3. The molecule has 0 spiro atoms. The SMILES string of the molecule is [CH2]CCCc1cccc(O)c1NC(=O)OC(C)(C)C. The number of aromatic hydroxyl groups is 1. The summed E-state index contributed by atoms with van der Waals surface area (Å²) in [5, 5.41) is 12.5. The molecule has 0 heterocycles. The lowest BCUT2D eigenvalue weighted by molar-refractivity contribution is 0.0635. The van der Waals surface area contributed by atoms with Crippen LogP contribution in [0.5, 0.6) is 5.75 Å². The van der Waals surface area contributed by atoms with Crippen LogP contribution in [-0.2, 0) is 11.2 Å². The van der Waals surface area contributed by atoms with Gasteiger partial charge in [-0.2, -0.15) is 0 Å². The summed E-state index contributed by atoms with van der Waals surface area (Å²) >= 11 is 0. The molecule has 4 heteroatoms. The Hall–Kier alpha value is -1.71. The lowest BCUT2D eigenvalue weighted by Gasteiger charge is -2.20. The quantitative estimate of drug-likeness (QED) is 0.811. The Morgan fingerprint density at radius 1 is 1.42 bits per heavy atom. The smallest absolute Gasteiger partial charge is 0.412 e. The lowest BCUT2D eigenvalue weighted by atomic mass is 10.1. The van der Waals surface area contributed by atoms with Gasteiger partial charge >= 0.3 is 6.09 Å². The molecule has 19 heavy (non-hydrogen) atoms. The molecular weight excluding hydrogens is 242 g/mol. The Morgan fingerprint density at radius 3 is 2.68 bits per heavy atom. The molecule has 0 aliphatic heterocycles. The van der Waals surface area contributed by atoms with Gasteiger partial charge in [0, 0.05) is 0 Å². The summed E-state index contributed by atoms with van der Waals surface area (Å²) in [7, 11) is 0. The molecular formula is C15H22NO3. The zero-order valence-electron chi connectivity index (χ0n) is 11.8. The number of nitrogens with one attached hydrogen (secondary N) is 1. The Labute approximate surface area is 114 Å². The van der Waals surface area contributed by atoms with Crippen LogP contribution in [0.1, 0.15) is 39.2 Å². The van der Waals surface area contributed by atoms with E-state index in [9.17, 15) is 9.90 Å². The molecule has 1 amide bonds. The van der Waals surface area contributed by atoms with E-state index >= 15 is 0 Å². The fraction of sp³-hybridized carbons (Fsp3) is 0.467. The van der Waals surface area contributed by atoms with Gasteiger partial charge in [-0.15, -0.1) is 0 Å². The van der Waals surface area contributed by atoms with E-state index in [2.05, 4.69) is 12.2 Å². The summed E-state index contributed by atoms with van der Waals surface area (Å²) in [5.74, 6) is 0.0485. The highest BCUT2D eigenvalue weighted by molar-refractivity contribution is 5.88. The highest BCUT2D eigenvalue weighted by Gasteiger charge is 2.18. The van der Waals surface area contributed by atoms with E-state index in [0.717, 1.165) is 24.8 Å². The highest BCUT2D eigenvalue weighted by Crippen LogP contribution is 2.29. The Kier molecular flexibility index (Phi) is 5.21. The first-order valence-electron chi connectivity index (χ1n) is 6.43. The fourth-order valence-corrected chi connectivity index (χ4v) is 1.66. The Bertz CT molecular complexity index is 436.